The molecule has 2 saturated heterocycles. The number of nitrogens with zero attached hydrogens (tertiary/aromatic N) is 2. The van der Waals surface area contributed by atoms with Gasteiger partial charge >= 0.3 is 0 Å². The Labute approximate surface area is 155 Å². The van der Waals surface area contributed by atoms with Gasteiger partial charge in [-0.25, -0.2) is 0 Å². The quantitative estimate of drug-likeness (QED) is 0.743. The standard InChI is InChI=1S/C20H28N2O4/c1-25-11-10-21-14-16(13-19(21)23)20(24)22-9-5-7-17(22)12-15-6-3-4-8-18(15)26-2/h3-4,6,8,16-17H,5,7,9-14H2,1-2H3/t16-,17+/m1/s1. The van der Waals surface area contributed by atoms with Gasteiger partial charge < -0.3 is 19.3 Å². The molecule has 2 heterocycles. The van der Waals surface area contributed by atoms with Gasteiger partial charge in [0.2, 0.25) is 11.8 Å². The van der Waals surface area contributed by atoms with Crippen LogP contribution in [0.2, 0.25) is 0 Å². The smallest absolute Gasteiger partial charge is 0.228 e. The lowest BCUT2D eigenvalue weighted by atomic mass is 10.0. The van der Waals surface area contributed by atoms with E-state index in [2.05, 4.69) is 6.07 Å². The molecule has 2 aliphatic rings. The van der Waals surface area contributed by atoms with Crippen LogP contribution in [-0.4, -0.2) is 68.1 Å². The van der Waals surface area contributed by atoms with E-state index in [4.69, 9.17) is 9.47 Å². The minimum absolute atomic E-state index is 0.0564. The third-order valence-corrected chi connectivity index (χ3v) is 5.44. The summed E-state index contributed by atoms with van der Waals surface area (Å²) in [5.41, 5.74) is 1.13. The Morgan fingerprint density at radius 2 is 2.08 bits per heavy atom. The Morgan fingerprint density at radius 1 is 1.27 bits per heavy atom. The van der Waals surface area contributed by atoms with Crippen LogP contribution in [0.3, 0.4) is 0 Å². The average molecular weight is 360 g/mol. The summed E-state index contributed by atoms with van der Waals surface area (Å²) in [6.07, 6.45) is 3.13. The minimum atomic E-state index is -0.224. The lowest BCUT2D eigenvalue weighted by Gasteiger charge is -2.28. The Hall–Kier alpha value is -2.08. The molecule has 0 bridgehead atoms. The van der Waals surface area contributed by atoms with Crippen molar-refractivity contribution < 1.29 is 19.1 Å². The molecule has 142 valence electrons. The summed E-state index contributed by atoms with van der Waals surface area (Å²) in [6.45, 7) is 2.36. The highest BCUT2D eigenvalue weighted by molar-refractivity contribution is 5.89. The normalized spacial score (nSPS) is 22.9. The molecule has 0 spiro atoms. The average Bonchev–Trinajstić information content (AvgIpc) is 3.26. The first-order valence-electron chi connectivity index (χ1n) is 9.33. The molecule has 0 unspecified atom stereocenters. The first kappa shape index (κ1) is 18.7. The predicted molar refractivity (Wildman–Crippen MR) is 98.0 cm³/mol. The van der Waals surface area contributed by atoms with Gasteiger partial charge in [0.1, 0.15) is 5.75 Å². The van der Waals surface area contributed by atoms with Crippen LogP contribution in [0, 0.1) is 5.92 Å². The van der Waals surface area contributed by atoms with Gasteiger partial charge in [-0.2, -0.15) is 0 Å². The molecule has 6 heteroatoms. The fourth-order valence-electron chi connectivity index (χ4n) is 4.05. The van der Waals surface area contributed by atoms with E-state index in [0.717, 1.165) is 37.1 Å². The first-order chi connectivity index (χ1) is 12.6. The lowest BCUT2D eigenvalue weighted by molar-refractivity contribution is -0.136. The summed E-state index contributed by atoms with van der Waals surface area (Å²) in [7, 11) is 3.30. The van der Waals surface area contributed by atoms with Gasteiger partial charge in [0.15, 0.2) is 0 Å². The maximum absolute atomic E-state index is 13.1. The number of ether oxygens (including phenoxy) is 2. The van der Waals surface area contributed by atoms with Crippen LogP contribution in [0.5, 0.6) is 5.75 Å². The van der Waals surface area contributed by atoms with Gasteiger partial charge in [0, 0.05) is 39.2 Å². The zero-order valence-electron chi connectivity index (χ0n) is 15.6. The van der Waals surface area contributed by atoms with Gasteiger partial charge in [-0.1, -0.05) is 18.2 Å². The fraction of sp³-hybridized carbons (Fsp3) is 0.600. The molecule has 2 atom stereocenters. The highest BCUT2D eigenvalue weighted by atomic mass is 16.5. The van der Waals surface area contributed by atoms with Crippen LogP contribution in [0.1, 0.15) is 24.8 Å². The topological polar surface area (TPSA) is 59.1 Å². The van der Waals surface area contributed by atoms with E-state index in [9.17, 15) is 9.59 Å². The number of carbonyl (C=O) groups excluding carboxylic acids is 2. The van der Waals surface area contributed by atoms with Crippen molar-refractivity contribution in [2.75, 3.05) is 40.5 Å². The van der Waals surface area contributed by atoms with Crippen molar-refractivity contribution in [2.24, 2.45) is 5.92 Å². The van der Waals surface area contributed by atoms with Crippen molar-refractivity contribution in [2.45, 2.75) is 31.7 Å². The Kier molecular flexibility index (Phi) is 6.14. The Balaban J connectivity index is 1.64. The summed E-state index contributed by atoms with van der Waals surface area (Å²) in [5.74, 6) is 0.822. The molecular formula is C20H28N2O4. The van der Waals surface area contributed by atoms with Crippen LogP contribution in [-0.2, 0) is 20.7 Å². The third kappa shape index (κ3) is 4.01. The second-order valence-corrected chi connectivity index (χ2v) is 7.08. The summed E-state index contributed by atoms with van der Waals surface area (Å²) in [5, 5.41) is 0. The van der Waals surface area contributed by atoms with Crippen LogP contribution in [0.4, 0.5) is 0 Å². The zero-order valence-corrected chi connectivity index (χ0v) is 15.6. The van der Waals surface area contributed by atoms with Crippen molar-refractivity contribution in [1.29, 1.82) is 0 Å². The molecular weight excluding hydrogens is 332 g/mol. The maximum Gasteiger partial charge on any atom is 0.228 e. The van der Waals surface area contributed by atoms with Gasteiger partial charge in [-0.15, -0.1) is 0 Å². The van der Waals surface area contributed by atoms with Crippen LogP contribution < -0.4 is 4.74 Å². The van der Waals surface area contributed by atoms with E-state index < -0.39 is 0 Å². The summed E-state index contributed by atoms with van der Waals surface area (Å²) in [6, 6.07) is 8.16. The minimum Gasteiger partial charge on any atom is -0.496 e. The van der Waals surface area contributed by atoms with E-state index in [0.29, 0.717) is 26.1 Å². The zero-order chi connectivity index (χ0) is 18.5. The van der Waals surface area contributed by atoms with E-state index in [1.165, 1.54) is 0 Å². The van der Waals surface area contributed by atoms with Crippen molar-refractivity contribution >= 4 is 11.8 Å². The van der Waals surface area contributed by atoms with E-state index in [-0.39, 0.29) is 23.8 Å². The molecule has 2 aliphatic heterocycles. The number of methoxy groups -OCH3 is 2. The summed E-state index contributed by atoms with van der Waals surface area (Å²) >= 11 is 0. The molecule has 26 heavy (non-hydrogen) atoms. The van der Waals surface area contributed by atoms with Crippen molar-refractivity contribution in [1.82, 2.24) is 9.80 Å². The van der Waals surface area contributed by atoms with Crippen LogP contribution >= 0.6 is 0 Å². The van der Waals surface area contributed by atoms with Crippen LogP contribution in [0.15, 0.2) is 24.3 Å². The summed E-state index contributed by atoms with van der Waals surface area (Å²) in [4.78, 5) is 28.9. The van der Waals surface area contributed by atoms with Gasteiger partial charge in [0.05, 0.1) is 19.6 Å². The largest absolute Gasteiger partial charge is 0.496 e. The SMILES string of the molecule is COCCN1C[C@H](C(=O)N2CCC[C@H]2Cc2ccccc2OC)CC1=O. The molecule has 0 N–H and O–H groups in total. The molecule has 0 aliphatic carbocycles. The number of para-hydroxylation sites is 1. The molecule has 0 aromatic heterocycles. The van der Waals surface area contributed by atoms with Gasteiger partial charge in [-0.05, 0) is 30.9 Å². The number of rotatable bonds is 7. The summed E-state index contributed by atoms with van der Waals surface area (Å²) < 4.78 is 10.5. The Bertz CT molecular complexity index is 648. The number of carbonyl (C=O) groups is 2. The number of likely N-dealkylation sites (tertiary alicyclic amines) is 2. The maximum atomic E-state index is 13.1. The monoisotopic (exact) mass is 360 g/mol. The first-order valence-corrected chi connectivity index (χ1v) is 9.33. The molecule has 0 radical (unpaired) electrons. The third-order valence-electron chi connectivity index (χ3n) is 5.44. The second-order valence-electron chi connectivity index (χ2n) is 7.08. The molecule has 2 amide bonds. The molecule has 0 saturated carbocycles. The molecule has 6 nitrogen and oxygen atoms in total. The predicted octanol–water partition coefficient (Wildman–Crippen LogP) is 1.72. The van der Waals surface area contributed by atoms with Crippen molar-refractivity contribution in [3.8, 4) is 5.75 Å². The number of amides is 2. The van der Waals surface area contributed by atoms with E-state index in [1.54, 1.807) is 19.1 Å². The number of hydrogen-bond donors (Lipinski definition) is 0. The van der Waals surface area contributed by atoms with Crippen LogP contribution in [0.25, 0.3) is 0 Å². The molecule has 1 aromatic carbocycles. The lowest BCUT2D eigenvalue weighted by Crippen LogP contribution is -2.41. The van der Waals surface area contributed by atoms with E-state index in [1.807, 2.05) is 23.1 Å². The molecule has 1 aromatic rings. The highest BCUT2D eigenvalue weighted by Gasteiger charge is 2.39. The van der Waals surface area contributed by atoms with Gasteiger partial charge in [0.25, 0.3) is 0 Å². The van der Waals surface area contributed by atoms with Crippen molar-refractivity contribution in [3.05, 3.63) is 29.8 Å². The second kappa shape index (κ2) is 8.54. The van der Waals surface area contributed by atoms with Crippen molar-refractivity contribution in [3.63, 3.8) is 0 Å². The van der Waals surface area contributed by atoms with Gasteiger partial charge in [-0.3, -0.25) is 9.59 Å². The molecule has 2 fully saturated rings. The fourth-order valence-corrected chi connectivity index (χ4v) is 4.05. The molecule has 3 rings (SSSR count). The highest BCUT2D eigenvalue weighted by Crippen LogP contribution is 2.29. The number of hydrogen-bond acceptors (Lipinski definition) is 4. The number of benzene rings is 1. The Morgan fingerprint density at radius 3 is 2.85 bits per heavy atom. The van der Waals surface area contributed by atoms with E-state index >= 15 is 0 Å².